The fraction of sp³-hybridized carbons (Fsp3) is 0.0789. The molecule has 0 aliphatic carbocycles. The Labute approximate surface area is 281 Å². The van der Waals surface area contributed by atoms with Crippen LogP contribution in [0.2, 0.25) is 5.02 Å². The average molecular weight is 659 g/mol. The summed E-state index contributed by atoms with van der Waals surface area (Å²) in [6, 6.07) is 37.2. The average Bonchev–Trinajstić information content (AvgIpc) is 3.41. The SMILES string of the molecule is CCn1c2ccccc2c2cc(NC(=O)CSc3ccc(NC(=O)/C(=C/c4ccccc4Cl)NC(=O)c4ccccc4)cc3)ccc21. The van der Waals surface area contributed by atoms with Crippen molar-refractivity contribution in [2.75, 3.05) is 16.4 Å². The number of aryl methyl sites for hydroxylation is 1. The van der Waals surface area contributed by atoms with Crippen molar-refractivity contribution in [3.63, 3.8) is 0 Å². The van der Waals surface area contributed by atoms with Gasteiger partial charge in [-0.3, -0.25) is 14.4 Å². The number of carbonyl (C=O) groups excluding carboxylic acids is 3. The van der Waals surface area contributed by atoms with E-state index < -0.39 is 11.8 Å². The van der Waals surface area contributed by atoms with E-state index in [2.05, 4.69) is 45.6 Å². The molecule has 3 amide bonds. The number of halogens is 1. The highest BCUT2D eigenvalue weighted by molar-refractivity contribution is 8.00. The Morgan fingerprint density at radius 1 is 0.745 bits per heavy atom. The van der Waals surface area contributed by atoms with Gasteiger partial charge < -0.3 is 20.5 Å². The fourth-order valence-corrected chi connectivity index (χ4v) is 6.23. The minimum absolute atomic E-state index is 0.0412. The second-order valence-electron chi connectivity index (χ2n) is 10.7. The number of hydrogen-bond donors (Lipinski definition) is 3. The van der Waals surface area contributed by atoms with E-state index in [1.165, 1.54) is 17.3 Å². The van der Waals surface area contributed by atoms with Gasteiger partial charge in [-0.05, 0) is 85.3 Å². The Balaban J connectivity index is 1.09. The largest absolute Gasteiger partial charge is 0.341 e. The van der Waals surface area contributed by atoms with Crippen molar-refractivity contribution in [3.05, 3.63) is 143 Å². The summed E-state index contributed by atoms with van der Waals surface area (Å²) in [6.07, 6.45) is 1.54. The van der Waals surface area contributed by atoms with E-state index in [1.54, 1.807) is 66.7 Å². The maximum Gasteiger partial charge on any atom is 0.272 e. The van der Waals surface area contributed by atoms with Crippen LogP contribution < -0.4 is 16.0 Å². The zero-order valence-corrected chi connectivity index (χ0v) is 27.1. The third-order valence-electron chi connectivity index (χ3n) is 7.59. The maximum atomic E-state index is 13.3. The second-order valence-corrected chi connectivity index (χ2v) is 12.2. The highest BCUT2D eigenvalue weighted by Crippen LogP contribution is 2.31. The summed E-state index contributed by atoms with van der Waals surface area (Å²) in [7, 11) is 0. The number of anilines is 2. The molecule has 9 heteroatoms. The predicted molar refractivity (Wildman–Crippen MR) is 193 cm³/mol. The number of carbonyl (C=O) groups is 3. The number of fused-ring (bicyclic) bond motifs is 3. The Morgan fingerprint density at radius 3 is 2.19 bits per heavy atom. The molecule has 0 spiro atoms. The molecule has 7 nitrogen and oxygen atoms in total. The van der Waals surface area contributed by atoms with E-state index in [-0.39, 0.29) is 17.4 Å². The molecular weight excluding hydrogens is 628 g/mol. The molecule has 0 aliphatic rings. The number of nitrogens with one attached hydrogen (secondary N) is 3. The van der Waals surface area contributed by atoms with Gasteiger partial charge in [-0.15, -0.1) is 11.8 Å². The van der Waals surface area contributed by atoms with Crippen LogP contribution in [-0.4, -0.2) is 28.0 Å². The number of aromatic nitrogens is 1. The Hall–Kier alpha value is -5.31. The molecule has 5 aromatic carbocycles. The quantitative estimate of drug-likeness (QED) is 0.102. The van der Waals surface area contributed by atoms with E-state index in [0.717, 1.165) is 33.4 Å². The summed E-state index contributed by atoms with van der Waals surface area (Å²) in [5.41, 5.74) is 4.64. The van der Waals surface area contributed by atoms with Gasteiger partial charge in [0.1, 0.15) is 5.70 Å². The highest BCUT2D eigenvalue weighted by Gasteiger charge is 2.16. The summed E-state index contributed by atoms with van der Waals surface area (Å²) in [5.74, 6) is -0.823. The number of benzene rings is 5. The number of thioether (sulfide) groups is 1. The van der Waals surface area contributed by atoms with Gasteiger partial charge >= 0.3 is 0 Å². The lowest BCUT2D eigenvalue weighted by Crippen LogP contribution is -2.30. The summed E-state index contributed by atoms with van der Waals surface area (Å²) in [5, 5.41) is 11.3. The van der Waals surface area contributed by atoms with Gasteiger partial charge in [-0.1, -0.05) is 66.2 Å². The molecule has 0 saturated heterocycles. The monoisotopic (exact) mass is 658 g/mol. The Kier molecular flexibility index (Phi) is 9.71. The van der Waals surface area contributed by atoms with E-state index in [1.807, 2.05) is 42.5 Å². The van der Waals surface area contributed by atoms with Crippen LogP contribution in [0.5, 0.6) is 0 Å². The lowest BCUT2D eigenvalue weighted by Gasteiger charge is -2.12. The van der Waals surface area contributed by atoms with Gasteiger partial charge in [0.25, 0.3) is 11.8 Å². The van der Waals surface area contributed by atoms with Crippen molar-refractivity contribution in [3.8, 4) is 0 Å². The van der Waals surface area contributed by atoms with Crippen LogP contribution in [-0.2, 0) is 16.1 Å². The van der Waals surface area contributed by atoms with Crippen molar-refractivity contribution < 1.29 is 14.4 Å². The third kappa shape index (κ3) is 7.41. The molecule has 0 saturated carbocycles. The molecule has 3 N–H and O–H groups in total. The molecule has 1 aromatic heterocycles. The zero-order valence-electron chi connectivity index (χ0n) is 25.5. The normalized spacial score (nSPS) is 11.4. The minimum atomic E-state index is -0.506. The van der Waals surface area contributed by atoms with Crippen LogP contribution in [0.1, 0.15) is 22.8 Å². The van der Waals surface area contributed by atoms with Gasteiger partial charge in [-0.2, -0.15) is 0 Å². The van der Waals surface area contributed by atoms with Crippen LogP contribution in [0.25, 0.3) is 27.9 Å². The van der Waals surface area contributed by atoms with E-state index in [9.17, 15) is 14.4 Å². The molecule has 6 rings (SSSR count). The summed E-state index contributed by atoms with van der Waals surface area (Å²) in [4.78, 5) is 40.0. The Morgan fingerprint density at radius 2 is 1.43 bits per heavy atom. The maximum absolute atomic E-state index is 13.3. The van der Waals surface area contributed by atoms with Gasteiger partial charge in [0.15, 0.2) is 0 Å². The molecule has 0 fully saturated rings. The van der Waals surface area contributed by atoms with Crippen molar-refractivity contribution >= 4 is 80.3 Å². The smallest absolute Gasteiger partial charge is 0.272 e. The van der Waals surface area contributed by atoms with Gasteiger partial charge in [0.2, 0.25) is 5.91 Å². The molecule has 47 heavy (non-hydrogen) atoms. The molecule has 0 radical (unpaired) electrons. The van der Waals surface area contributed by atoms with Crippen molar-refractivity contribution in [2.24, 2.45) is 0 Å². The van der Waals surface area contributed by atoms with Crippen LogP contribution in [0.15, 0.2) is 132 Å². The Bertz CT molecular complexity index is 2120. The summed E-state index contributed by atoms with van der Waals surface area (Å²) < 4.78 is 2.27. The summed E-state index contributed by atoms with van der Waals surface area (Å²) >= 11 is 7.72. The molecule has 1 heterocycles. The van der Waals surface area contributed by atoms with Crippen LogP contribution in [0.4, 0.5) is 11.4 Å². The van der Waals surface area contributed by atoms with E-state index in [4.69, 9.17) is 11.6 Å². The van der Waals surface area contributed by atoms with Gasteiger partial charge in [-0.25, -0.2) is 0 Å². The fourth-order valence-electron chi connectivity index (χ4n) is 5.34. The molecule has 0 atom stereocenters. The first kappa shape index (κ1) is 31.7. The van der Waals surface area contributed by atoms with E-state index >= 15 is 0 Å². The molecule has 0 unspecified atom stereocenters. The molecule has 0 aliphatic heterocycles. The third-order valence-corrected chi connectivity index (χ3v) is 8.94. The van der Waals surface area contributed by atoms with Crippen molar-refractivity contribution in [2.45, 2.75) is 18.4 Å². The standard InChI is InChI=1S/C38H31ClN4O3S/c1-2-43-34-15-9-7-13-30(34)31-23-28(18-21-35(31)43)40-36(44)24-47-29-19-16-27(17-20-29)41-38(46)33(22-26-12-6-8-14-32(26)39)42-37(45)25-10-4-3-5-11-25/h3-23H,2,24H2,1H3,(H,40,44)(H,41,46)(H,42,45)/b33-22-. The minimum Gasteiger partial charge on any atom is -0.341 e. The number of rotatable bonds is 10. The second kappa shape index (κ2) is 14.4. The number of hydrogen-bond acceptors (Lipinski definition) is 4. The topological polar surface area (TPSA) is 92.2 Å². The molecular formula is C38H31ClN4O3S. The molecule has 6 aromatic rings. The van der Waals surface area contributed by atoms with Gasteiger partial charge in [0, 0.05) is 55.2 Å². The first-order valence-corrected chi connectivity index (χ1v) is 16.4. The van der Waals surface area contributed by atoms with Crippen LogP contribution in [0, 0.1) is 0 Å². The lowest BCUT2D eigenvalue weighted by atomic mass is 10.1. The summed E-state index contributed by atoms with van der Waals surface area (Å²) in [6.45, 7) is 2.99. The van der Waals surface area contributed by atoms with Crippen LogP contribution in [0.3, 0.4) is 0 Å². The first-order valence-electron chi connectivity index (χ1n) is 15.1. The first-order chi connectivity index (χ1) is 22.9. The van der Waals surface area contributed by atoms with Crippen molar-refractivity contribution in [1.82, 2.24) is 9.88 Å². The van der Waals surface area contributed by atoms with E-state index in [0.29, 0.717) is 21.8 Å². The molecule has 234 valence electrons. The van der Waals surface area contributed by atoms with Crippen LogP contribution >= 0.6 is 23.4 Å². The molecule has 0 bridgehead atoms. The van der Waals surface area contributed by atoms with Gasteiger partial charge in [0.05, 0.1) is 5.75 Å². The zero-order chi connectivity index (χ0) is 32.8. The highest BCUT2D eigenvalue weighted by atomic mass is 35.5. The number of nitrogens with zero attached hydrogens (tertiary/aromatic N) is 1. The van der Waals surface area contributed by atoms with Crippen molar-refractivity contribution in [1.29, 1.82) is 0 Å². The number of para-hydroxylation sites is 1. The number of amides is 3. The lowest BCUT2D eigenvalue weighted by molar-refractivity contribution is -0.114. The predicted octanol–water partition coefficient (Wildman–Crippen LogP) is 8.61.